The van der Waals surface area contributed by atoms with Gasteiger partial charge in [-0.3, -0.25) is 4.79 Å². The standard InChI is InChI=1S/C8H6BrIO2/c1-4(11)7-5(10)2-3-6(12)8(7)9/h2-3,12H,1H3. The van der Waals surface area contributed by atoms with Crippen molar-refractivity contribution in [2.45, 2.75) is 6.92 Å². The highest BCUT2D eigenvalue weighted by atomic mass is 127. The Morgan fingerprint density at radius 1 is 1.58 bits per heavy atom. The van der Waals surface area contributed by atoms with E-state index >= 15 is 0 Å². The number of phenolic OH excluding ortho intramolecular Hbond substituents is 1. The molecule has 1 aromatic carbocycles. The van der Waals surface area contributed by atoms with E-state index in [-0.39, 0.29) is 11.5 Å². The third-order valence-electron chi connectivity index (χ3n) is 1.42. The second-order valence-corrected chi connectivity index (χ2v) is 4.27. The Kier molecular flexibility index (Phi) is 3.11. The lowest BCUT2D eigenvalue weighted by Crippen LogP contribution is -1.97. The van der Waals surface area contributed by atoms with Crippen LogP contribution in [0.25, 0.3) is 0 Å². The molecule has 0 atom stereocenters. The zero-order valence-electron chi connectivity index (χ0n) is 6.27. The van der Waals surface area contributed by atoms with E-state index in [2.05, 4.69) is 38.5 Å². The van der Waals surface area contributed by atoms with Gasteiger partial charge < -0.3 is 5.11 Å². The van der Waals surface area contributed by atoms with Crippen LogP contribution in [0.4, 0.5) is 0 Å². The van der Waals surface area contributed by atoms with Crippen LogP contribution in [-0.4, -0.2) is 10.9 Å². The van der Waals surface area contributed by atoms with Crippen molar-refractivity contribution in [3.63, 3.8) is 0 Å². The van der Waals surface area contributed by atoms with E-state index in [1.165, 1.54) is 6.92 Å². The second kappa shape index (κ2) is 3.74. The summed E-state index contributed by atoms with van der Waals surface area (Å²) in [6, 6.07) is 3.26. The molecular weight excluding hydrogens is 335 g/mol. The summed E-state index contributed by atoms with van der Waals surface area (Å²) in [4.78, 5) is 11.1. The molecule has 64 valence electrons. The Morgan fingerprint density at radius 3 is 2.58 bits per heavy atom. The maximum atomic E-state index is 11.1. The van der Waals surface area contributed by atoms with E-state index in [1.54, 1.807) is 12.1 Å². The molecule has 2 nitrogen and oxygen atoms in total. The van der Waals surface area contributed by atoms with E-state index < -0.39 is 0 Å². The smallest absolute Gasteiger partial charge is 0.162 e. The summed E-state index contributed by atoms with van der Waals surface area (Å²) in [5.74, 6) is 0.0443. The molecule has 0 aromatic heterocycles. The Labute approximate surface area is 92.2 Å². The molecule has 12 heavy (non-hydrogen) atoms. The summed E-state index contributed by atoms with van der Waals surface area (Å²) < 4.78 is 1.31. The Morgan fingerprint density at radius 2 is 2.17 bits per heavy atom. The third kappa shape index (κ3) is 1.80. The minimum atomic E-state index is -0.0535. The highest BCUT2D eigenvalue weighted by Gasteiger charge is 2.12. The number of phenols is 1. The molecule has 0 spiro atoms. The predicted molar refractivity (Wildman–Crippen MR) is 58.5 cm³/mol. The SMILES string of the molecule is CC(=O)c1c(I)ccc(O)c1Br. The number of ketones is 1. The number of hydrogen-bond donors (Lipinski definition) is 1. The molecule has 0 unspecified atom stereocenters. The molecule has 4 heteroatoms. The van der Waals surface area contributed by atoms with Gasteiger partial charge in [0.15, 0.2) is 5.78 Å². The van der Waals surface area contributed by atoms with Crippen LogP contribution in [0.15, 0.2) is 16.6 Å². The lowest BCUT2D eigenvalue weighted by atomic mass is 10.1. The molecule has 0 aliphatic heterocycles. The second-order valence-electron chi connectivity index (χ2n) is 2.31. The highest BCUT2D eigenvalue weighted by molar-refractivity contribution is 14.1. The van der Waals surface area contributed by atoms with E-state index in [0.29, 0.717) is 10.0 Å². The van der Waals surface area contributed by atoms with E-state index in [9.17, 15) is 9.90 Å². The first kappa shape index (κ1) is 9.98. The first-order valence-electron chi connectivity index (χ1n) is 3.22. The molecule has 1 N–H and O–H groups in total. The maximum absolute atomic E-state index is 11.1. The zero-order chi connectivity index (χ0) is 9.30. The van der Waals surface area contributed by atoms with Gasteiger partial charge in [-0.2, -0.15) is 0 Å². The quantitative estimate of drug-likeness (QED) is 0.630. The van der Waals surface area contributed by atoms with E-state index in [0.717, 1.165) is 3.57 Å². The number of benzene rings is 1. The van der Waals surface area contributed by atoms with Crippen LogP contribution in [-0.2, 0) is 0 Å². The third-order valence-corrected chi connectivity index (χ3v) is 3.12. The van der Waals surface area contributed by atoms with Crippen molar-refractivity contribution in [3.8, 4) is 5.75 Å². The van der Waals surface area contributed by atoms with Crippen LogP contribution in [0.3, 0.4) is 0 Å². The van der Waals surface area contributed by atoms with Gasteiger partial charge in [-0.15, -0.1) is 0 Å². The van der Waals surface area contributed by atoms with Crippen LogP contribution in [0.2, 0.25) is 0 Å². The number of carbonyl (C=O) groups excluding carboxylic acids is 1. The molecule has 0 aliphatic carbocycles. The molecule has 0 heterocycles. The fourth-order valence-corrected chi connectivity index (χ4v) is 2.69. The summed E-state index contributed by atoms with van der Waals surface area (Å²) in [5.41, 5.74) is 0.538. The molecule has 0 fully saturated rings. The normalized spacial score (nSPS) is 9.92. The monoisotopic (exact) mass is 340 g/mol. The number of hydrogen-bond acceptors (Lipinski definition) is 2. The van der Waals surface area contributed by atoms with Crippen molar-refractivity contribution < 1.29 is 9.90 Å². The molecule has 0 radical (unpaired) electrons. The minimum absolute atomic E-state index is 0.0535. The fourth-order valence-electron chi connectivity index (χ4n) is 0.864. The first-order chi connectivity index (χ1) is 5.54. The van der Waals surface area contributed by atoms with Gasteiger partial charge in [0.25, 0.3) is 0 Å². The molecule has 0 aliphatic rings. The highest BCUT2D eigenvalue weighted by Crippen LogP contribution is 2.31. The van der Waals surface area contributed by atoms with Gasteiger partial charge in [0.05, 0.1) is 4.47 Å². The predicted octanol–water partition coefficient (Wildman–Crippen LogP) is 2.96. The molecule has 0 saturated heterocycles. The molecule has 0 amide bonds. The van der Waals surface area contributed by atoms with Gasteiger partial charge >= 0.3 is 0 Å². The molecule has 1 rings (SSSR count). The number of aromatic hydroxyl groups is 1. The summed E-state index contributed by atoms with van der Waals surface area (Å²) >= 11 is 5.21. The van der Waals surface area contributed by atoms with Crippen molar-refractivity contribution in [3.05, 3.63) is 25.7 Å². The van der Waals surface area contributed by atoms with E-state index in [4.69, 9.17) is 0 Å². The minimum Gasteiger partial charge on any atom is -0.507 e. The molecule has 0 saturated carbocycles. The Bertz CT molecular complexity index is 336. The number of Topliss-reactive ketones (excluding diaryl/α,β-unsaturated/α-hetero) is 1. The fraction of sp³-hybridized carbons (Fsp3) is 0.125. The lowest BCUT2D eigenvalue weighted by molar-refractivity contribution is 0.101. The average Bonchev–Trinajstić information content (AvgIpc) is 1.97. The van der Waals surface area contributed by atoms with Gasteiger partial charge in [-0.25, -0.2) is 0 Å². The van der Waals surface area contributed by atoms with Gasteiger partial charge in [-0.1, -0.05) is 0 Å². The largest absolute Gasteiger partial charge is 0.507 e. The van der Waals surface area contributed by atoms with Crippen LogP contribution in [0.1, 0.15) is 17.3 Å². The summed E-state index contributed by atoms with van der Waals surface area (Å²) in [6.07, 6.45) is 0. The van der Waals surface area contributed by atoms with Crippen LogP contribution in [0, 0.1) is 3.57 Å². The average molecular weight is 341 g/mol. The van der Waals surface area contributed by atoms with Crippen molar-refractivity contribution in [1.82, 2.24) is 0 Å². The summed E-state index contributed by atoms with van der Waals surface area (Å²) in [7, 11) is 0. The summed E-state index contributed by atoms with van der Waals surface area (Å²) in [5, 5.41) is 9.27. The van der Waals surface area contributed by atoms with Crippen LogP contribution < -0.4 is 0 Å². The number of rotatable bonds is 1. The van der Waals surface area contributed by atoms with Crippen LogP contribution in [0.5, 0.6) is 5.75 Å². The number of carbonyl (C=O) groups is 1. The van der Waals surface area contributed by atoms with Gasteiger partial charge in [0.1, 0.15) is 5.75 Å². The van der Waals surface area contributed by atoms with Crippen molar-refractivity contribution in [2.24, 2.45) is 0 Å². The molecule has 1 aromatic rings. The number of halogens is 2. The Balaban J connectivity index is 3.43. The Hall–Kier alpha value is -0.100. The first-order valence-corrected chi connectivity index (χ1v) is 5.09. The van der Waals surface area contributed by atoms with Crippen molar-refractivity contribution in [2.75, 3.05) is 0 Å². The van der Waals surface area contributed by atoms with Crippen LogP contribution >= 0.6 is 38.5 Å². The zero-order valence-corrected chi connectivity index (χ0v) is 10.0. The van der Waals surface area contributed by atoms with Gasteiger partial charge in [0, 0.05) is 9.13 Å². The topological polar surface area (TPSA) is 37.3 Å². The molecular formula is C8H6BrIO2. The van der Waals surface area contributed by atoms with Gasteiger partial charge in [0.2, 0.25) is 0 Å². The van der Waals surface area contributed by atoms with Gasteiger partial charge in [-0.05, 0) is 57.6 Å². The summed E-state index contributed by atoms with van der Waals surface area (Å²) in [6.45, 7) is 1.47. The maximum Gasteiger partial charge on any atom is 0.162 e. The van der Waals surface area contributed by atoms with E-state index in [1.807, 2.05) is 0 Å². The van der Waals surface area contributed by atoms with Crippen molar-refractivity contribution in [1.29, 1.82) is 0 Å². The molecule has 0 bridgehead atoms. The lowest BCUT2D eigenvalue weighted by Gasteiger charge is -2.04. The van der Waals surface area contributed by atoms with Crippen molar-refractivity contribution >= 4 is 44.3 Å².